The molecule has 2 aromatic rings. The third-order valence-corrected chi connectivity index (χ3v) is 4.51. The van der Waals surface area contributed by atoms with Crippen molar-refractivity contribution >= 4 is 17.5 Å². The van der Waals surface area contributed by atoms with E-state index in [1.807, 2.05) is 18.2 Å². The van der Waals surface area contributed by atoms with Crippen LogP contribution in [0.2, 0.25) is 5.02 Å². The number of amides is 1. The molecule has 0 radical (unpaired) electrons. The van der Waals surface area contributed by atoms with Crippen LogP contribution in [0.5, 0.6) is 0 Å². The highest BCUT2D eigenvalue weighted by Gasteiger charge is 2.20. The fraction of sp³-hybridized carbons (Fsp3) is 0.471. The molecule has 23 heavy (non-hydrogen) atoms. The van der Waals surface area contributed by atoms with Gasteiger partial charge >= 0.3 is 0 Å². The van der Waals surface area contributed by atoms with Gasteiger partial charge in [0.05, 0.1) is 10.6 Å². The van der Waals surface area contributed by atoms with E-state index < -0.39 is 0 Å². The van der Waals surface area contributed by atoms with Crippen LogP contribution in [0.1, 0.15) is 38.0 Å². The Kier molecular flexibility index (Phi) is 5.28. The first-order chi connectivity index (χ1) is 11.2. The quantitative estimate of drug-likeness (QED) is 0.907. The molecule has 0 bridgehead atoms. The maximum atomic E-state index is 12.1. The van der Waals surface area contributed by atoms with Crippen LogP contribution in [0.3, 0.4) is 0 Å². The van der Waals surface area contributed by atoms with Gasteiger partial charge in [-0.1, -0.05) is 43.0 Å². The molecule has 0 saturated heterocycles. The summed E-state index contributed by atoms with van der Waals surface area (Å²) < 4.78 is 5.62. The van der Waals surface area contributed by atoms with Crippen LogP contribution >= 0.6 is 11.6 Å². The van der Waals surface area contributed by atoms with Crippen molar-refractivity contribution in [2.45, 2.75) is 38.5 Å². The van der Waals surface area contributed by atoms with Crippen molar-refractivity contribution in [3.63, 3.8) is 0 Å². The molecule has 1 N–H and O–H groups in total. The zero-order valence-electron chi connectivity index (χ0n) is 12.9. The van der Waals surface area contributed by atoms with Gasteiger partial charge < -0.3 is 9.73 Å². The van der Waals surface area contributed by atoms with Gasteiger partial charge in [0.2, 0.25) is 17.7 Å². The van der Waals surface area contributed by atoms with Crippen molar-refractivity contribution in [2.24, 2.45) is 5.92 Å². The second kappa shape index (κ2) is 7.59. The van der Waals surface area contributed by atoms with Crippen LogP contribution < -0.4 is 5.32 Å². The minimum atomic E-state index is 0.149. The number of benzene rings is 1. The van der Waals surface area contributed by atoms with Gasteiger partial charge in [0.1, 0.15) is 0 Å². The Hall–Kier alpha value is -1.88. The van der Waals surface area contributed by atoms with Gasteiger partial charge in [-0.15, -0.1) is 10.2 Å². The minimum absolute atomic E-state index is 0.149. The topological polar surface area (TPSA) is 68.0 Å². The van der Waals surface area contributed by atoms with Crippen LogP contribution in [-0.4, -0.2) is 22.6 Å². The lowest BCUT2D eigenvalue weighted by Gasteiger charge is -2.20. The third kappa shape index (κ3) is 4.10. The third-order valence-electron chi connectivity index (χ3n) is 4.19. The van der Waals surface area contributed by atoms with Crippen LogP contribution in [0, 0.1) is 5.92 Å². The van der Waals surface area contributed by atoms with E-state index in [2.05, 4.69) is 15.5 Å². The smallest absolute Gasteiger partial charge is 0.249 e. The molecule has 1 aliphatic carbocycles. The summed E-state index contributed by atoms with van der Waals surface area (Å²) >= 11 is 6.12. The molecule has 0 aliphatic heterocycles. The lowest BCUT2D eigenvalue weighted by atomic mass is 9.89. The summed E-state index contributed by atoms with van der Waals surface area (Å²) in [4.78, 5) is 12.1. The predicted octanol–water partition coefficient (Wildman–Crippen LogP) is 3.63. The highest BCUT2D eigenvalue weighted by atomic mass is 35.5. The van der Waals surface area contributed by atoms with Crippen LogP contribution in [0.25, 0.3) is 11.5 Å². The summed E-state index contributed by atoms with van der Waals surface area (Å²) in [6.45, 7) is 0.513. The standard InChI is InChI=1S/C17H20ClN3O2/c18-14-9-5-4-8-13(14)17-21-20-15(23-17)10-11-19-16(22)12-6-2-1-3-7-12/h4-5,8-9,12H,1-3,6-7,10-11H2,(H,19,22). The number of nitrogens with one attached hydrogen (secondary N) is 1. The minimum Gasteiger partial charge on any atom is -0.421 e. The van der Waals surface area contributed by atoms with Gasteiger partial charge in [-0.05, 0) is 25.0 Å². The van der Waals surface area contributed by atoms with Gasteiger partial charge in [-0.25, -0.2) is 0 Å². The molecule has 1 aromatic carbocycles. The molecule has 1 aliphatic rings. The molecule has 1 fully saturated rings. The van der Waals surface area contributed by atoms with E-state index in [1.165, 1.54) is 6.42 Å². The Labute approximate surface area is 140 Å². The molecule has 0 spiro atoms. The van der Waals surface area contributed by atoms with E-state index in [9.17, 15) is 4.79 Å². The fourth-order valence-electron chi connectivity index (χ4n) is 2.90. The van der Waals surface area contributed by atoms with Crippen molar-refractivity contribution in [1.29, 1.82) is 0 Å². The summed E-state index contributed by atoms with van der Waals surface area (Å²) in [7, 11) is 0. The largest absolute Gasteiger partial charge is 0.421 e. The summed E-state index contributed by atoms with van der Waals surface area (Å²) in [5.74, 6) is 1.23. The Morgan fingerprint density at radius 1 is 1.22 bits per heavy atom. The Morgan fingerprint density at radius 2 is 2.00 bits per heavy atom. The zero-order valence-corrected chi connectivity index (χ0v) is 13.7. The highest BCUT2D eigenvalue weighted by Crippen LogP contribution is 2.26. The molecule has 5 nitrogen and oxygen atoms in total. The molecular formula is C17H20ClN3O2. The van der Waals surface area contributed by atoms with E-state index in [4.69, 9.17) is 16.0 Å². The molecule has 0 atom stereocenters. The van der Waals surface area contributed by atoms with E-state index in [0.29, 0.717) is 29.8 Å². The highest BCUT2D eigenvalue weighted by molar-refractivity contribution is 6.33. The lowest BCUT2D eigenvalue weighted by molar-refractivity contribution is -0.125. The number of hydrogen-bond acceptors (Lipinski definition) is 4. The summed E-state index contributed by atoms with van der Waals surface area (Å²) in [5, 5.41) is 11.6. The summed E-state index contributed by atoms with van der Waals surface area (Å²) in [5.41, 5.74) is 0.721. The second-order valence-corrected chi connectivity index (χ2v) is 6.26. The average molecular weight is 334 g/mol. The number of halogens is 1. The van der Waals surface area contributed by atoms with E-state index in [-0.39, 0.29) is 11.8 Å². The van der Waals surface area contributed by atoms with E-state index in [1.54, 1.807) is 6.07 Å². The van der Waals surface area contributed by atoms with Gasteiger partial charge in [-0.2, -0.15) is 0 Å². The number of aromatic nitrogens is 2. The molecule has 6 heteroatoms. The zero-order chi connectivity index (χ0) is 16.1. The number of nitrogens with zero attached hydrogens (tertiary/aromatic N) is 2. The Morgan fingerprint density at radius 3 is 2.78 bits per heavy atom. The van der Waals surface area contributed by atoms with Crippen LogP contribution in [0.15, 0.2) is 28.7 Å². The second-order valence-electron chi connectivity index (χ2n) is 5.86. The first kappa shape index (κ1) is 16.0. The van der Waals surface area contributed by atoms with Crippen LogP contribution in [0.4, 0.5) is 0 Å². The normalized spacial score (nSPS) is 15.5. The van der Waals surface area contributed by atoms with Crippen molar-refractivity contribution in [2.75, 3.05) is 6.54 Å². The molecular weight excluding hydrogens is 314 g/mol. The molecule has 1 amide bonds. The van der Waals surface area contributed by atoms with Crippen molar-refractivity contribution in [3.8, 4) is 11.5 Å². The predicted molar refractivity (Wildman–Crippen MR) is 88.0 cm³/mol. The fourth-order valence-corrected chi connectivity index (χ4v) is 3.12. The maximum Gasteiger partial charge on any atom is 0.249 e. The Balaban J connectivity index is 1.51. The van der Waals surface area contributed by atoms with Crippen molar-refractivity contribution < 1.29 is 9.21 Å². The average Bonchev–Trinajstić information content (AvgIpc) is 3.04. The first-order valence-corrected chi connectivity index (χ1v) is 8.47. The number of carbonyl (C=O) groups is 1. The number of carbonyl (C=O) groups excluding carboxylic acids is 1. The van der Waals surface area contributed by atoms with Crippen molar-refractivity contribution in [3.05, 3.63) is 35.2 Å². The molecule has 0 unspecified atom stereocenters. The number of rotatable bonds is 5. The van der Waals surface area contributed by atoms with Gasteiger partial charge in [0.25, 0.3) is 0 Å². The van der Waals surface area contributed by atoms with Gasteiger partial charge in [0.15, 0.2) is 0 Å². The van der Waals surface area contributed by atoms with Gasteiger partial charge in [-0.3, -0.25) is 4.79 Å². The summed E-state index contributed by atoms with van der Waals surface area (Å²) in [6.07, 6.45) is 6.09. The van der Waals surface area contributed by atoms with E-state index in [0.717, 1.165) is 31.2 Å². The van der Waals surface area contributed by atoms with Gasteiger partial charge in [0, 0.05) is 18.9 Å². The van der Waals surface area contributed by atoms with Crippen molar-refractivity contribution in [1.82, 2.24) is 15.5 Å². The molecule has 3 rings (SSSR count). The molecule has 1 aromatic heterocycles. The number of hydrogen-bond donors (Lipinski definition) is 1. The maximum absolute atomic E-state index is 12.1. The lowest BCUT2D eigenvalue weighted by Crippen LogP contribution is -2.33. The SMILES string of the molecule is O=C(NCCc1nnc(-c2ccccc2Cl)o1)C1CCCCC1. The first-order valence-electron chi connectivity index (χ1n) is 8.09. The molecule has 1 saturated carbocycles. The monoisotopic (exact) mass is 333 g/mol. The summed E-state index contributed by atoms with van der Waals surface area (Å²) in [6, 6.07) is 7.34. The molecule has 1 heterocycles. The molecule has 122 valence electrons. The Bertz CT molecular complexity index is 665. The van der Waals surface area contributed by atoms with Crippen LogP contribution in [-0.2, 0) is 11.2 Å². The van der Waals surface area contributed by atoms with E-state index >= 15 is 0 Å².